The van der Waals surface area contributed by atoms with Crippen molar-refractivity contribution in [2.24, 2.45) is 0 Å². The number of carbonyl (C=O) groups excluding carboxylic acids is 1. The van der Waals surface area contributed by atoms with Crippen LogP contribution >= 0.6 is 11.8 Å². The zero-order chi connectivity index (χ0) is 17.1. The van der Waals surface area contributed by atoms with Crippen molar-refractivity contribution in [3.05, 3.63) is 54.1 Å². The first kappa shape index (κ1) is 16.5. The molecule has 0 saturated carbocycles. The predicted molar refractivity (Wildman–Crippen MR) is 99.3 cm³/mol. The van der Waals surface area contributed by atoms with Gasteiger partial charge in [-0.2, -0.15) is 0 Å². The van der Waals surface area contributed by atoms with Gasteiger partial charge in [0.1, 0.15) is 12.4 Å². The molecule has 2 atom stereocenters. The molecule has 2 unspecified atom stereocenters. The number of amides is 1. The molecule has 130 valence electrons. The quantitative estimate of drug-likeness (QED) is 0.884. The van der Waals surface area contributed by atoms with Gasteiger partial charge in [-0.25, -0.2) is 0 Å². The molecule has 0 aliphatic carbocycles. The van der Waals surface area contributed by atoms with E-state index < -0.39 is 0 Å². The van der Waals surface area contributed by atoms with Crippen LogP contribution in [-0.4, -0.2) is 30.5 Å². The van der Waals surface area contributed by atoms with Crippen molar-refractivity contribution >= 4 is 23.4 Å². The third kappa shape index (κ3) is 3.99. The van der Waals surface area contributed by atoms with E-state index in [1.165, 1.54) is 10.5 Å². The van der Waals surface area contributed by atoms with Gasteiger partial charge in [-0.3, -0.25) is 4.79 Å². The van der Waals surface area contributed by atoms with Gasteiger partial charge in [0.2, 0.25) is 5.91 Å². The van der Waals surface area contributed by atoms with Crippen molar-refractivity contribution in [2.45, 2.75) is 35.5 Å². The first-order chi connectivity index (χ1) is 12.3. The lowest BCUT2D eigenvalue weighted by atomic mass is 10.1. The summed E-state index contributed by atoms with van der Waals surface area (Å²) in [6, 6.07) is 15.8. The molecule has 1 amide bonds. The number of benzene rings is 2. The summed E-state index contributed by atoms with van der Waals surface area (Å²) >= 11 is 1.63. The Labute approximate surface area is 151 Å². The Morgan fingerprint density at radius 1 is 1.24 bits per heavy atom. The Balaban J connectivity index is 1.34. The minimum Gasteiger partial charge on any atom is -0.491 e. The molecule has 1 N–H and O–H groups in total. The molecule has 2 aliphatic heterocycles. The second-order valence-electron chi connectivity index (χ2n) is 6.38. The standard InChI is InChI=1S/C20H21NO3S/c22-20(19-11-14-5-1-2-9-18(14)25-19)21-15-6-3-7-16(12-15)24-13-17-8-4-10-23-17/h1-3,5-7,9,12,17,19H,4,8,10-11,13H2,(H,21,22). The maximum Gasteiger partial charge on any atom is 0.238 e. The Morgan fingerprint density at radius 2 is 2.16 bits per heavy atom. The highest BCUT2D eigenvalue weighted by molar-refractivity contribution is 8.01. The number of thioether (sulfide) groups is 1. The van der Waals surface area contributed by atoms with E-state index in [1.54, 1.807) is 11.8 Å². The van der Waals surface area contributed by atoms with Crippen LogP contribution in [0.1, 0.15) is 18.4 Å². The lowest BCUT2D eigenvalue weighted by molar-refractivity contribution is -0.115. The van der Waals surface area contributed by atoms with E-state index in [4.69, 9.17) is 9.47 Å². The zero-order valence-corrected chi connectivity index (χ0v) is 14.8. The molecule has 0 spiro atoms. The van der Waals surface area contributed by atoms with Gasteiger partial charge in [0, 0.05) is 23.3 Å². The fourth-order valence-electron chi connectivity index (χ4n) is 3.18. The Morgan fingerprint density at radius 3 is 3.00 bits per heavy atom. The van der Waals surface area contributed by atoms with Crippen molar-refractivity contribution in [1.82, 2.24) is 0 Å². The number of hydrogen-bond donors (Lipinski definition) is 1. The molecule has 4 rings (SSSR count). The van der Waals surface area contributed by atoms with Crippen LogP contribution < -0.4 is 10.1 Å². The van der Waals surface area contributed by atoms with Crippen LogP contribution in [0.4, 0.5) is 5.69 Å². The van der Waals surface area contributed by atoms with Gasteiger partial charge < -0.3 is 14.8 Å². The van der Waals surface area contributed by atoms with E-state index in [0.717, 1.165) is 37.3 Å². The first-order valence-electron chi connectivity index (χ1n) is 8.68. The van der Waals surface area contributed by atoms with E-state index in [-0.39, 0.29) is 17.3 Å². The molecular weight excluding hydrogens is 334 g/mol. The second-order valence-corrected chi connectivity index (χ2v) is 7.63. The number of anilines is 1. The molecule has 1 fully saturated rings. The highest BCUT2D eigenvalue weighted by atomic mass is 32.2. The molecule has 5 heteroatoms. The van der Waals surface area contributed by atoms with Gasteiger partial charge in [0.05, 0.1) is 11.4 Å². The lowest BCUT2D eigenvalue weighted by Gasteiger charge is -2.13. The van der Waals surface area contributed by atoms with Crippen LogP contribution in [0.5, 0.6) is 5.75 Å². The molecule has 0 bridgehead atoms. The molecule has 2 aromatic carbocycles. The summed E-state index contributed by atoms with van der Waals surface area (Å²) in [4.78, 5) is 13.8. The van der Waals surface area contributed by atoms with E-state index in [2.05, 4.69) is 17.4 Å². The van der Waals surface area contributed by atoms with E-state index in [1.807, 2.05) is 36.4 Å². The van der Waals surface area contributed by atoms with Crippen molar-refractivity contribution in [3.63, 3.8) is 0 Å². The average Bonchev–Trinajstić information content (AvgIpc) is 3.29. The summed E-state index contributed by atoms with van der Waals surface area (Å²) < 4.78 is 11.4. The minimum atomic E-state index is -0.0751. The summed E-state index contributed by atoms with van der Waals surface area (Å²) in [6.45, 7) is 1.39. The third-order valence-electron chi connectivity index (χ3n) is 4.50. The van der Waals surface area contributed by atoms with Gasteiger partial charge in [-0.05, 0) is 43.0 Å². The molecule has 2 heterocycles. The van der Waals surface area contributed by atoms with Crippen molar-refractivity contribution < 1.29 is 14.3 Å². The van der Waals surface area contributed by atoms with Crippen LogP contribution in [0.2, 0.25) is 0 Å². The van der Waals surface area contributed by atoms with E-state index in [0.29, 0.717) is 6.61 Å². The van der Waals surface area contributed by atoms with Gasteiger partial charge in [0.15, 0.2) is 0 Å². The zero-order valence-electron chi connectivity index (χ0n) is 13.9. The highest BCUT2D eigenvalue weighted by Gasteiger charge is 2.28. The first-order valence-corrected chi connectivity index (χ1v) is 9.56. The third-order valence-corrected chi connectivity index (χ3v) is 5.82. The number of carbonyl (C=O) groups is 1. The minimum absolute atomic E-state index is 0.0393. The predicted octanol–water partition coefficient (Wildman–Crippen LogP) is 3.90. The summed E-state index contributed by atoms with van der Waals surface area (Å²) in [6.07, 6.45) is 3.12. The number of nitrogens with one attached hydrogen (secondary N) is 1. The Hall–Kier alpha value is -1.98. The normalized spacial score (nSPS) is 21.8. The molecule has 0 radical (unpaired) electrons. The van der Waals surface area contributed by atoms with Crippen LogP contribution in [0.15, 0.2) is 53.4 Å². The van der Waals surface area contributed by atoms with Crippen molar-refractivity contribution in [1.29, 1.82) is 0 Å². The fourth-order valence-corrected chi connectivity index (χ4v) is 4.37. The monoisotopic (exact) mass is 355 g/mol. The van der Waals surface area contributed by atoms with Crippen molar-refractivity contribution in [3.8, 4) is 5.75 Å². The largest absolute Gasteiger partial charge is 0.491 e. The average molecular weight is 355 g/mol. The topological polar surface area (TPSA) is 47.6 Å². The Bertz CT molecular complexity index is 733. The lowest BCUT2D eigenvalue weighted by Crippen LogP contribution is -2.24. The van der Waals surface area contributed by atoms with Gasteiger partial charge >= 0.3 is 0 Å². The van der Waals surface area contributed by atoms with Crippen LogP contribution in [0.3, 0.4) is 0 Å². The van der Waals surface area contributed by atoms with Gasteiger partial charge in [-0.1, -0.05) is 24.3 Å². The molecule has 2 aromatic rings. The smallest absolute Gasteiger partial charge is 0.238 e. The highest BCUT2D eigenvalue weighted by Crippen LogP contribution is 2.37. The van der Waals surface area contributed by atoms with Crippen LogP contribution in [-0.2, 0) is 16.0 Å². The SMILES string of the molecule is O=C(Nc1cccc(OCC2CCCO2)c1)C1Cc2ccccc2S1. The van der Waals surface area contributed by atoms with Gasteiger partial charge in [-0.15, -0.1) is 11.8 Å². The van der Waals surface area contributed by atoms with E-state index in [9.17, 15) is 4.79 Å². The van der Waals surface area contributed by atoms with E-state index >= 15 is 0 Å². The summed E-state index contributed by atoms with van der Waals surface area (Å²) in [5.41, 5.74) is 2.02. The van der Waals surface area contributed by atoms with Crippen LogP contribution in [0.25, 0.3) is 0 Å². The molecule has 2 aliphatic rings. The number of rotatable bonds is 5. The molecule has 1 saturated heterocycles. The maximum atomic E-state index is 12.6. The molecule has 4 nitrogen and oxygen atoms in total. The van der Waals surface area contributed by atoms with Crippen LogP contribution in [0, 0.1) is 0 Å². The maximum absolute atomic E-state index is 12.6. The fraction of sp³-hybridized carbons (Fsp3) is 0.350. The Kier molecular flexibility index (Phi) is 4.95. The summed E-state index contributed by atoms with van der Waals surface area (Å²) in [5, 5.41) is 2.94. The number of fused-ring (bicyclic) bond motifs is 1. The summed E-state index contributed by atoms with van der Waals surface area (Å²) in [5.74, 6) is 0.799. The molecular formula is C20H21NO3S. The number of ether oxygens (including phenoxy) is 2. The summed E-state index contributed by atoms with van der Waals surface area (Å²) in [7, 11) is 0. The van der Waals surface area contributed by atoms with Gasteiger partial charge in [0.25, 0.3) is 0 Å². The number of hydrogen-bond acceptors (Lipinski definition) is 4. The molecule has 0 aromatic heterocycles. The second kappa shape index (κ2) is 7.50. The van der Waals surface area contributed by atoms with Crippen molar-refractivity contribution in [2.75, 3.05) is 18.5 Å². The molecule has 25 heavy (non-hydrogen) atoms.